The molecule has 7 nitrogen and oxygen atoms in total. The number of halogens is 1. The predicted molar refractivity (Wildman–Crippen MR) is 110 cm³/mol. The van der Waals surface area contributed by atoms with E-state index in [9.17, 15) is 14.4 Å². The van der Waals surface area contributed by atoms with E-state index < -0.39 is 18.5 Å². The van der Waals surface area contributed by atoms with Gasteiger partial charge in [0, 0.05) is 23.2 Å². The quantitative estimate of drug-likeness (QED) is 0.478. The topological polar surface area (TPSA) is 97.4 Å². The number of rotatable bonds is 6. The van der Waals surface area contributed by atoms with Gasteiger partial charge in [-0.1, -0.05) is 35.9 Å². The zero-order valence-electron chi connectivity index (χ0n) is 15.6. The van der Waals surface area contributed by atoms with Crippen molar-refractivity contribution in [2.75, 3.05) is 18.5 Å². The third-order valence-corrected chi connectivity index (χ3v) is 4.18. The fourth-order valence-electron chi connectivity index (χ4n) is 2.72. The molecule has 0 aliphatic rings. The van der Waals surface area contributed by atoms with Crippen LogP contribution < -0.4 is 10.6 Å². The molecule has 1 heterocycles. The van der Waals surface area contributed by atoms with Gasteiger partial charge >= 0.3 is 5.97 Å². The number of anilines is 1. The molecule has 1 aromatic heterocycles. The van der Waals surface area contributed by atoms with Crippen molar-refractivity contribution in [3.05, 3.63) is 70.9 Å². The van der Waals surface area contributed by atoms with Crippen molar-refractivity contribution in [3.63, 3.8) is 0 Å². The number of carbonyl (C=O) groups is 3. The Labute approximate surface area is 172 Å². The Morgan fingerprint density at radius 1 is 1.07 bits per heavy atom. The summed E-state index contributed by atoms with van der Waals surface area (Å²) in [6.07, 6.45) is 0. The summed E-state index contributed by atoms with van der Waals surface area (Å²) in [6, 6.07) is 14.9. The average molecular weight is 412 g/mol. The summed E-state index contributed by atoms with van der Waals surface area (Å²) in [5.41, 5.74) is 1.62. The number of nitrogens with one attached hydrogen (secondary N) is 2. The van der Waals surface area contributed by atoms with Crippen LogP contribution in [0, 0.1) is 0 Å². The van der Waals surface area contributed by atoms with Crippen LogP contribution in [0.5, 0.6) is 0 Å². The zero-order valence-corrected chi connectivity index (χ0v) is 16.3. The molecular weight excluding hydrogens is 394 g/mol. The molecule has 3 rings (SSSR count). The van der Waals surface area contributed by atoms with Crippen molar-refractivity contribution in [3.8, 4) is 0 Å². The van der Waals surface area contributed by atoms with Crippen LogP contribution in [0.15, 0.2) is 54.6 Å². The highest BCUT2D eigenvalue weighted by molar-refractivity contribution is 6.30. The van der Waals surface area contributed by atoms with Gasteiger partial charge in [-0.2, -0.15) is 0 Å². The van der Waals surface area contributed by atoms with Crippen LogP contribution in [0.1, 0.15) is 27.6 Å². The zero-order chi connectivity index (χ0) is 20.8. The maximum absolute atomic E-state index is 12.4. The summed E-state index contributed by atoms with van der Waals surface area (Å²) in [6.45, 7) is 1.83. The number of nitrogens with zero attached hydrogens (tertiary/aromatic N) is 1. The number of hydrogen-bond acceptors (Lipinski definition) is 5. The number of hydrogen-bond donors (Lipinski definition) is 2. The van der Waals surface area contributed by atoms with E-state index in [1.165, 1.54) is 6.07 Å². The minimum atomic E-state index is -0.684. The second-order valence-corrected chi connectivity index (χ2v) is 6.46. The van der Waals surface area contributed by atoms with E-state index in [1.54, 1.807) is 48.5 Å². The molecule has 0 atom stereocenters. The summed E-state index contributed by atoms with van der Waals surface area (Å²) < 4.78 is 5.12. The van der Waals surface area contributed by atoms with Gasteiger partial charge in [0.15, 0.2) is 6.61 Å². The minimum absolute atomic E-state index is 0.155. The Hall–Kier alpha value is -3.45. The third-order valence-electron chi connectivity index (χ3n) is 3.99. The molecule has 0 spiro atoms. The third kappa shape index (κ3) is 5.08. The van der Waals surface area contributed by atoms with E-state index in [2.05, 4.69) is 15.6 Å². The first-order valence-electron chi connectivity index (χ1n) is 8.88. The molecule has 0 fully saturated rings. The Morgan fingerprint density at radius 3 is 2.66 bits per heavy atom. The van der Waals surface area contributed by atoms with Gasteiger partial charge in [0.25, 0.3) is 11.8 Å². The van der Waals surface area contributed by atoms with Gasteiger partial charge in [-0.05, 0) is 37.3 Å². The van der Waals surface area contributed by atoms with Gasteiger partial charge in [0.2, 0.25) is 0 Å². The summed E-state index contributed by atoms with van der Waals surface area (Å²) in [5.74, 6) is -1.45. The Morgan fingerprint density at radius 2 is 1.86 bits per heavy atom. The molecule has 3 aromatic rings. The second kappa shape index (κ2) is 9.16. The Balaban J connectivity index is 1.65. The van der Waals surface area contributed by atoms with Crippen molar-refractivity contribution < 1.29 is 19.1 Å². The molecule has 29 heavy (non-hydrogen) atoms. The highest BCUT2D eigenvalue weighted by Gasteiger charge is 2.16. The van der Waals surface area contributed by atoms with Gasteiger partial charge in [0.05, 0.1) is 11.1 Å². The SMILES string of the molecule is CCNC(=O)c1cccc(NC(=O)COC(=O)c2cc(Cl)nc3ccccc23)c1. The lowest BCUT2D eigenvalue weighted by Gasteiger charge is -2.09. The molecule has 0 saturated carbocycles. The molecule has 2 amide bonds. The van der Waals surface area contributed by atoms with E-state index in [1.807, 2.05) is 6.92 Å². The second-order valence-electron chi connectivity index (χ2n) is 6.07. The van der Waals surface area contributed by atoms with E-state index >= 15 is 0 Å². The molecule has 0 saturated heterocycles. The molecule has 8 heteroatoms. The number of fused-ring (bicyclic) bond motifs is 1. The largest absolute Gasteiger partial charge is 0.452 e. The van der Waals surface area contributed by atoms with Crippen LogP contribution in [-0.2, 0) is 9.53 Å². The molecule has 0 aliphatic heterocycles. The molecule has 0 radical (unpaired) electrons. The number of ether oxygens (including phenoxy) is 1. The Kier molecular flexibility index (Phi) is 6.41. The maximum atomic E-state index is 12.4. The predicted octanol–water partition coefficient (Wildman–Crippen LogP) is 3.43. The summed E-state index contributed by atoms with van der Waals surface area (Å²) in [4.78, 5) is 40.6. The lowest BCUT2D eigenvalue weighted by molar-refractivity contribution is -0.119. The summed E-state index contributed by atoms with van der Waals surface area (Å²) in [7, 11) is 0. The van der Waals surface area contributed by atoms with Crippen molar-refractivity contribution in [1.29, 1.82) is 0 Å². The van der Waals surface area contributed by atoms with E-state index in [0.717, 1.165) is 0 Å². The van der Waals surface area contributed by atoms with Gasteiger partial charge < -0.3 is 15.4 Å². The fraction of sp³-hybridized carbons (Fsp3) is 0.143. The lowest BCUT2D eigenvalue weighted by atomic mass is 10.1. The smallest absolute Gasteiger partial charge is 0.339 e. The molecule has 0 aliphatic carbocycles. The molecule has 148 valence electrons. The fourth-order valence-corrected chi connectivity index (χ4v) is 2.92. The molecule has 2 aromatic carbocycles. The molecule has 0 bridgehead atoms. The lowest BCUT2D eigenvalue weighted by Crippen LogP contribution is -2.23. The van der Waals surface area contributed by atoms with Crippen LogP contribution in [0.2, 0.25) is 5.15 Å². The van der Waals surface area contributed by atoms with Gasteiger partial charge in [-0.3, -0.25) is 9.59 Å². The summed E-state index contributed by atoms with van der Waals surface area (Å²) >= 11 is 5.97. The number of amides is 2. The molecule has 0 unspecified atom stereocenters. The van der Waals surface area contributed by atoms with E-state index in [4.69, 9.17) is 16.3 Å². The first kappa shape index (κ1) is 20.3. The highest BCUT2D eigenvalue weighted by Crippen LogP contribution is 2.21. The minimum Gasteiger partial charge on any atom is -0.452 e. The van der Waals surface area contributed by atoms with Crippen LogP contribution in [0.3, 0.4) is 0 Å². The average Bonchev–Trinajstić information content (AvgIpc) is 2.71. The van der Waals surface area contributed by atoms with Crippen molar-refractivity contribution >= 4 is 46.0 Å². The number of benzene rings is 2. The first-order chi connectivity index (χ1) is 14.0. The number of esters is 1. The highest BCUT2D eigenvalue weighted by atomic mass is 35.5. The van der Waals surface area contributed by atoms with Gasteiger partial charge in [-0.25, -0.2) is 9.78 Å². The van der Waals surface area contributed by atoms with Crippen molar-refractivity contribution in [1.82, 2.24) is 10.3 Å². The standard InChI is InChI=1S/C21H18ClN3O4/c1-2-23-20(27)13-6-5-7-14(10-13)24-19(26)12-29-21(28)16-11-18(22)25-17-9-4-3-8-15(16)17/h3-11H,2,12H2,1H3,(H,23,27)(H,24,26). The van der Waals surface area contributed by atoms with E-state index in [0.29, 0.717) is 28.7 Å². The first-order valence-corrected chi connectivity index (χ1v) is 9.26. The van der Waals surface area contributed by atoms with Crippen LogP contribution in [-0.4, -0.2) is 35.9 Å². The van der Waals surface area contributed by atoms with Gasteiger partial charge in [0.1, 0.15) is 5.15 Å². The normalized spacial score (nSPS) is 10.4. The van der Waals surface area contributed by atoms with E-state index in [-0.39, 0.29) is 16.6 Å². The van der Waals surface area contributed by atoms with Gasteiger partial charge in [-0.15, -0.1) is 0 Å². The monoisotopic (exact) mass is 411 g/mol. The Bertz CT molecular complexity index is 1080. The number of para-hydroxylation sites is 1. The maximum Gasteiger partial charge on any atom is 0.339 e. The summed E-state index contributed by atoms with van der Waals surface area (Å²) in [5, 5.41) is 6.02. The number of aromatic nitrogens is 1. The number of pyridine rings is 1. The van der Waals surface area contributed by atoms with Crippen molar-refractivity contribution in [2.45, 2.75) is 6.92 Å². The van der Waals surface area contributed by atoms with Crippen LogP contribution in [0.4, 0.5) is 5.69 Å². The van der Waals surface area contributed by atoms with Crippen molar-refractivity contribution in [2.24, 2.45) is 0 Å². The molecule has 2 N–H and O–H groups in total. The van der Waals surface area contributed by atoms with Crippen LogP contribution >= 0.6 is 11.6 Å². The molecular formula is C21H18ClN3O4. The van der Waals surface area contributed by atoms with Crippen LogP contribution in [0.25, 0.3) is 10.9 Å². The number of carbonyl (C=O) groups excluding carboxylic acids is 3.